The van der Waals surface area contributed by atoms with Gasteiger partial charge in [-0.2, -0.15) is 0 Å². The minimum absolute atomic E-state index is 0.0782. The summed E-state index contributed by atoms with van der Waals surface area (Å²) in [6.07, 6.45) is 0.708. The van der Waals surface area contributed by atoms with E-state index in [-0.39, 0.29) is 16.9 Å². The Kier molecular flexibility index (Phi) is 6.41. The highest BCUT2D eigenvalue weighted by molar-refractivity contribution is 9.10. The zero-order chi connectivity index (χ0) is 12.8. The number of hydrogen-bond donors (Lipinski definition) is 1. The minimum atomic E-state index is -0.372. The van der Waals surface area contributed by atoms with E-state index in [1.807, 2.05) is 6.92 Å². The number of halogens is 3. The van der Waals surface area contributed by atoms with Crippen LogP contribution in [-0.4, -0.2) is 20.3 Å². The van der Waals surface area contributed by atoms with Crippen molar-refractivity contribution in [2.75, 3.05) is 20.3 Å². The molecule has 0 saturated heterocycles. The Labute approximate surface area is 115 Å². The van der Waals surface area contributed by atoms with E-state index in [0.717, 1.165) is 6.54 Å². The molecule has 17 heavy (non-hydrogen) atoms. The monoisotopic (exact) mass is 323 g/mol. The summed E-state index contributed by atoms with van der Waals surface area (Å²) < 4.78 is 19.6. The SMILES string of the molecule is CCNC(CCOC)c1ccc(Br)c(Cl)c1F. The van der Waals surface area contributed by atoms with Crippen molar-refractivity contribution in [1.29, 1.82) is 0 Å². The maximum absolute atomic E-state index is 14.0. The molecular formula is C12H16BrClFNO. The largest absolute Gasteiger partial charge is 0.385 e. The van der Waals surface area contributed by atoms with E-state index >= 15 is 0 Å². The van der Waals surface area contributed by atoms with Crippen LogP contribution in [0.1, 0.15) is 24.9 Å². The molecule has 1 rings (SSSR count). The van der Waals surface area contributed by atoms with Crippen molar-refractivity contribution in [3.63, 3.8) is 0 Å². The normalized spacial score (nSPS) is 12.8. The molecule has 1 aromatic rings. The fourth-order valence-corrected chi connectivity index (χ4v) is 2.14. The molecule has 0 radical (unpaired) electrons. The van der Waals surface area contributed by atoms with Gasteiger partial charge < -0.3 is 10.1 Å². The molecule has 0 bridgehead atoms. The summed E-state index contributed by atoms with van der Waals surface area (Å²) in [5.74, 6) is -0.372. The highest BCUT2D eigenvalue weighted by Gasteiger charge is 2.18. The van der Waals surface area contributed by atoms with Crippen LogP contribution in [0.2, 0.25) is 5.02 Å². The van der Waals surface area contributed by atoms with Gasteiger partial charge in [0.05, 0.1) is 5.02 Å². The average molecular weight is 325 g/mol. The van der Waals surface area contributed by atoms with Crippen molar-refractivity contribution in [3.8, 4) is 0 Å². The van der Waals surface area contributed by atoms with Crippen LogP contribution in [0.3, 0.4) is 0 Å². The third-order valence-corrected chi connectivity index (χ3v) is 3.76. The molecule has 96 valence electrons. The van der Waals surface area contributed by atoms with Crippen LogP contribution in [0.5, 0.6) is 0 Å². The number of methoxy groups -OCH3 is 1. The second kappa shape index (κ2) is 7.31. The lowest BCUT2D eigenvalue weighted by molar-refractivity contribution is 0.182. The molecule has 5 heteroatoms. The Morgan fingerprint density at radius 2 is 2.24 bits per heavy atom. The molecule has 1 atom stereocenters. The molecule has 0 spiro atoms. The van der Waals surface area contributed by atoms with Crippen LogP contribution < -0.4 is 5.32 Å². The van der Waals surface area contributed by atoms with Gasteiger partial charge in [0, 0.05) is 29.8 Å². The topological polar surface area (TPSA) is 21.3 Å². The summed E-state index contributed by atoms with van der Waals surface area (Å²) in [7, 11) is 1.63. The van der Waals surface area contributed by atoms with Gasteiger partial charge in [-0.05, 0) is 35.0 Å². The summed E-state index contributed by atoms with van der Waals surface area (Å²) in [6.45, 7) is 3.32. The predicted octanol–water partition coefficient (Wildman–Crippen LogP) is 3.93. The van der Waals surface area contributed by atoms with E-state index in [0.29, 0.717) is 23.1 Å². The number of benzene rings is 1. The Hall–Kier alpha value is -0.160. The van der Waals surface area contributed by atoms with E-state index in [4.69, 9.17) is 16.3 Å². The fourth-order valence-electron chi connectivity index (χ4n) is 1.66. The highest BCUT2D eigenvalue weighted by atomic mass is 79.9. The fraction of sp³-hybridized carbons (Fsp3) is 0.500. The van der Waals surface area contributed by atoms with Crippen LogP contribution in [0, 0.1) is 5.82 Å². The highest BCUT2D eigenvalue weighted by Crippen LogP contribution is 2.31. The molecule has 0 aromatic heterocycles. The van der Waals surface area contributed by atoms with Crippen LogP contribution in [0.25, 0.3) is 0 Å². The van der Waals surface area contributed by atoms with Crippen molar-refractivity contribution in [1.82, 2.24) is 5.32 Å². The first kappa shape index (κ1) is 14.9. The zero-order valence-electron chi connectivity index (χ0n) is 9.90. The lowest BCUT2D eigenvalue weighted by atomic mass is 10.0. The summed E-state index contributed by atoms with van der Waals surface area (Å²) in [5.41, 5.74) is 0.581. The summed E-state index contributed by atoms with van der Waals surface area (Å²) >= 11 is 9.08. The van der Waals surface area contributed by atoms with Gasteiger partial charge in [0.1, 0.15) is 5.82 Å². The van der Waals surface area contributed by atoms with Gasteiger partial charge in [-0.25, -0.2) is 4.39 Å². The molecule has 0 saturated carbocycles. The smallest absolute Gasteiger partial charge is 0.147 e. The molecule has 0 aliphatic rings. The van der Waals surface area contributed by atoms with Gasteiger partial charge in [-0.3, -0.25) is 0 Å². The maximum Gasteiger partial charge on any atom is 0.147 e. The van der Waals surface area contributed by atoms with E-state index in [1.54, 1.807) is 19.2 Å². The molecule has 0 heterocycles. The summed E-state index contributed by atoms with van der Waals surface area (Å²) in [5, 5.41) is 3.35. The molecular weight excluding hydrogens is 308 g/mol. The van der Waals surface area contributed by atoms with Crippen LogP contribution in [-0.2, 0) is 4.74 Å². The van der Waals surface area contributed by atoms with Crippen molar-refractivity contribution >= 4 is 27.5 Å². The van der Waals surface area contributed by atoms with Crippen molar-refractivity contribution < 1.29 is 9.13 Å². The van der Waals surface area contributed by atoms with Crippen LogP contribution in [0.15, 0.2) is 16.6 Å². The van der Waals surface area contributed by atoms with Crippen molar-refractivity contribution in [2.45, 2.75) is 19.4 Å². The van der Waals surface area contributed by atoms with Gasteiger partial charge >= 0.3 is 0 Å². The Morgan fingerprint density at radius 1 is 1.53 bits per heavy atom. The summed E-state index contributed by atoms with van der Waals surface area (Å²) in [6, 6.07) is 3.43. The number of hydrogen-bond acceptors (Lipinski definition) is 2. The Bertz CT molecular complexity index is 376. The van der Waals surface area contributed by atoms with E-state index in [2.05, 4.69) is 21.2 Å². The molecule has 1 aromatic carbocycles. The maximum atomic E-state index is 14.0. The number of nitrogens with one attached hydrogen (secondary N) is 1. The van der Waals surface area contributed by atoms with E-state index < -0.39 is 0 Å². The van der Waals surface area contributed by atoms with Crippen molar-refractivity contribution in [3.05, 3.63) is 33.0 Å². The van der Waals surface area contributed by atoms with Gasteiger partial charge in [-0.1, -0.05) is 24.6 Å². The second-order valence-electron chi connectivity index (χ2n) is 3.66. The third kappa shape index (κ3) is 3.91. The Balaban J connectivity index is 2.97. The summed E-state index contributed by atoms with van der Waals surface area (Å²) in [4.78, 5) is 0. The van der Waals surface area contributed by atoms with Gasteiger partial charge in [0.15, 0.2) is 0 Å². The molecule has 0 aliphatic carbocycles. The predicted molar refractivity (Wildman–Crippen MR) is 72.0 cm³/mol. The van der Waals surface area contributed by atoms with Crippen LogP contribution >= 0.6 is 27.5 Å². The first-order valence-corrected chi connectivity index (χ1v) is 6.64. The molecule has 0 amide bonds. The molecule has 2 nitrogen and oxygen atoms in total. The molecule has 1 N–H and O–H groups in total. The van der Waals surface area contributed by atoms with Crippen molar-refractivity contribution in [2.24, 2.45) is 0 Å². The van der Waals surface area contributed by atoms with Gasteiger partial charge in [0.2, 0.25) is 0 Å². The molecule has 0 aliphatic heterocycles. The second-order valence-corrected chi connectivity index (χ2v) is 4.89. The first-order valence-electron chi connectivity index (χ1n) is 5.47. The average Bonchev–Trinajstić information content (AvgIpc) is 2.32. The zero-order valence-corrected chi connectivity index (χ0v) is 12.2. The van der Waals surface area contributed by atoms with Gasteiger partial charge in [-0.15, -0.1) is 0 Å². The van der Waals surface area contributed by atoms with Gasteiger partial charge in [0.25, 0.3) is 0 Å². The van der Waals surface area contributed by atoms with Crippen LogP contribution in [0.4, 0.5) is 4.39 Å². The standard InChI is InChI=1S/C12H16BrClFNO/c1-3-16-10(6-7-17-2)8-4-5-9(13)11(14)12(8)15/h4-5,10,16H,3,6-7H2,1-2H3. The number of ether oxygens (including phenoxy) is 1. The third-order valence-electron chi connectivity index (χ3n) is 2.50. The Morgan fingerprint density at radius 3 is 2.82 bits per heavy atom. The number of rotatable bonds is 6. The lowest BCUT2D eigenvalue weighted by Crippen LogP contribution is -2.23. The van der Waals surface area contributed by atoms with E-state index in [9.17, 15) is 4.39 Å². The van der Waals surface area contributed by atoms with E-state index in [1.165, 1.54) is 0 Å². The quantitative estimate of drug-likeness (QED) is 0.801. The first-order chi connectivity index (χ1) is 8.11. The molecule has 0 fully saturated rings. The lowest BCUT2D eigenvalue weighted by Gasteiger charge is -2.19. The minimum Gasteiger partial charge on any atom is -0.385 e. The molecule has 1 unspecified atom stereocenters.